The topological polar surface area (TPSA) is 15.3 Å². The third-order valence-electron chi connectivity index (χ3n) is 4.16. The van der Waals surface area contributed by atoms with E-state index in [9.17, 15) is 4.39 Å². The number of rotatable bonds is 4. The lowest BCUT2D eigenvalue weighted by molar-refractivity contribution is 0.170. The van der Waals surface area contributed by atoms with Crippen LogP contribution in [-0.4, -0.2) is 31.1 Å². The number of hydrogen-bond donors (Lipinski definition) is 1. The first kappa shape index (κ1) is 14.8. The lowest BCUT2D eigenvalue weighted by atomic mass is 9.90. The van der Waals surface area contributed by atoms with Crippen LogP contribution in [0, 0.1) is 5.82 Å². The molecule has 0 aromatic heterocycles. The fourth-order valence-electron chi connectivity index (χ4n) is 2.85. The van der Waals surface area contributed by atoms with Crippen molar-refractivity contribution in [3.8, 4) is 0 Å². The standard InChI is InChI=1S/C15H22ClFN2/c1-18-13-5-7-14(8-6-13)19(2)10-11-3-4-12(17)9-15(11)16/h3-4,9,13-14,18H,5-8,10H2,1-2H3. The van der Waals surface area contributed by atoms with Crippen LogP contribution in [0.15, 0.2) is 18.2 Å². The number of halogens is 2. The van der Waals surface area contributed by atoms with Crippen molar-refractivity contribution >= 4 is 11.6 Å². The largest absolute Gasteiger partial charge is 0.317 e. The van der Waals surface area contributed by atoms with Crippen molar-refractivity contribution in [2.75, 3.05) is 14.1 Å². The summed E-state index contributed by atoms with van der Waals surface area (Å²) in [6.45, 7) is 0.786. The molecule has 0 bridgehead atoms. The van der Waals surface area contributed by atoms with Crippen molar-refractivity contribution < 1.29 is 4.39 Å². The third-order valence-corrected chi connectivity index (χ3v) is 4.52. The monoisotopic (exact) mass is 284 g/mol. The number of benzene rings is 1. The van der Waals surface area contributed by atoms with Gasteiger partial charge in [0.05, 0.1) is 0 Å². The summed E-state index contributed by atoms with van der Waals surface area (Å²) < 4.78 is 13.0. The van der Waals surface area contributed by atoms with E-state index in [0.29, 0.717) is 17.1 Å². The molecule has 1 fully saturated rings. The van der Waals surface area contributed by atoms with E-state index in [1.54, 1.807) is 6.07 Å². The van der Waals surface area contributed by atoms with Gasteiger partial charge in [0.15, 0.2) is 0 Å². The minimum atomic E-state index is -0.272. The van der Waals surface area contributed by atoms with Gasteiger partial charge in [0.25, 0.3) is 0 Å². The van der Waals surface area contributed by atoms with Crippen LogP contribution in [0.5, 0.6) is 0 Å². The Labute approximate surface area is 119 Å². The summed E-state index contributed by atoms with van der Waals surface area (Å²) in [5, 5.41) is 3.87. The van der Waals surface area contributed by atoms with Gasteiger partial charge in [-0.25, -0.2) is 4.39 Å². The molecule has 4 heteroatoms. The molecule has 0 unspecified atom stereocenters. The van der Waals surface area contributed by atoms with Gasteiger partial charge in [-0.1, -0.05) is 17.7 Å². The molecular weight excluding hydrogens is 263 g/mol. The maximum atomic E-state index is 13.0. The van der Waals surface area contributed by atoms with Crippen molar-refractivity contribution in [3.05, 3.63) is 34.6 Å². The van der Waals surface area contributed by atoms with E-state index in [4.69, 9.17) is 11.6 Å². The third kappa shape index (κ3) is 3.91. The number of hydrogen-bond acceptors (Lipinski definition) is 2. The average Bonchev–Trinajstić information content (AvgIpc) is 2.42. The smallest absolute Gasteiger partial charge is 0.124 e. The quantitative estimate of drug-likeness (QED) is 0.911. The predicted octanol–water partition coefficient (Wildman–Crippen LogP) is 3.44. The van der Waals surface area contributed by atoms with Crippen LogP contribution in [0.2, 0.25) is 5.02 Å². The van der Waals surface area contributed by atoms with Gasteiger partial charge in [-0.2, -0.15) is 0 Å². The Hall–Kier alpha value is -0.640. The molecule has 0 aliphatic heterocycles. The highest BCUT2D eigenvalue weighted by atomic mass is 35.5. The van der Waals surface area contributed by atoms with Gasteiger partial charge in [0.1, 0.15) is 5.82 Å². The number of nitrogens with one attached hydrogen (secondary N) is 1. The normalized spacial score (nSPS) is 23.8. The van der Waals surface area contributed by atoms with Crippen molar-refractivity contribution in [3.63, 3.8) is 0 Å². The van der Waals surface area contributed by atoms with Gasteiger partial charge >= 0.3 is 0 Å². The zero-order valence-electron chi connectivity index (χ0n) is 11.6. The zero-order valence-corrected chi connectivity index (χ0v) is 12.4. The first-order valence-electron chi connectivity index (χ1n) is 6.91. The van der Waals surface area contributed by atoms with Crippen molar-refractivity contribution in [2.24, 2.45) is 0 Å². The second kappa shape index (κ2) is 6.69. The molecule has 1 aromatic rings. The van der Waals surface area contributed by atoms with Crippen LogP contribution in [-0.2, 0) is 6.54 Å². The fourth-order valence-corrected chi connectivity index (χ4v) is 3.08. The summed E-state index contributed by atoms with van der Waals surface area (Å²) in [7, 11) is 4.16. The highest BCUT2D eigenvalue weighted by Gasteiger charge is 2.23. The maximum absolute atomic E-state index is 13.0. The Balaban J connectivity index is 1.92. The van der Waals surface area contributed by atoms with Crippen molar-refractivity contribution in [2.45, 2.75) is 44.3 Å². The molecule has 106 valence electrons. The summed E-state index contributed by atoms with van der Waals surface area (Å²) in [5.74, 6) is -0.272. The molecule has 0 radical (unpaired) electrons. The SMILES string of the molecule is CNC1CCC(N(C)Cc2ccc(F)cc2Cl)CC1. The van der Waals surface area contributed by atoms with Gasteiger partial charge in [-0.05, 0) is 57.5 Å². The predicted molar refractivity (Wildman–Crippen MR) is 78.0 cm³/mol. The first-order chi connectivity index (χ1) is 9.10. The molecule has 1 aliphatic rings. The lowest BCUT2D eigenvalue weighted by Gasteiger charge is -2.34. The first-order valence-corrected chi connectivity index (χ1v) is 7.29. The fraction of sp³-hybridized carbons (Fsp3) is 0.600. The summed E-state index contributed by atoms with van der Waals surface area (Å²) in [6.07, 6.45) is 4.87. The zero-order chi connectivity index (χ0) is 13.8. The second-order valence-corrected chi connectivity index (χ2v) is 5.85. The van der Waals surface area contributed by atoms with Gasteiger partial charge < -0.3 is 5.32 Å². The van der Waals surface area contributed by atoms with E-state index >= 15 is 0 Å². The molecule has 0 amide bonds. The molecule has 2 rings (SSSR count). The van der Waals surface area contributed by atoms with E-state index in [-0.39, 0.29) is 5.82 Å². The van der Waals surface area contributed by atoms with E-state index in [1.165, 1.54) is 37.8 Å². The van der Waals surface area contributed by atoms with Gasteiger partial charge in [-0.3, -0.25) is 4.90 Å². The molecule has 2 nitrogen and oxygen atoms in total. The van der Waals surface area contributed by atoms with Gasteiger partial charge in [0.2, 0.25) is 0 Å². The van der Waals surface area contributed by atoms with Gasteiger partial charge in [-0.15, -0.1) is 0 Å². The summed E-state index contributed by atoms with van der Waals surface area (Å²) in [4.78, 5) is 2.34. The molecule has 0 atom stereocenters. The van der Waals surface area contributed by atoms with E-state index in [0.717, 1.165) is 12.1 Å². The van der Waals surface area contributed by atoms with Crippen LogP contribution >= 0.6 is 11.6 Å². The molecule has 1 N–H and O–H groups in total. The summed E-state index contributed by atoms with van der Waals surface area (Å²) in [5.41, 5.74) is 1.00. The highest BCUT2D eigenvalue weighted by Crippen LogP contribution is 2.25. The van der Waals surface area contributed by atoms with E-state index in [2.05, 4.69) is 17.3 Å². The number of nitrogens with zero attached hydrogens (tertiary/aromatic N) is 1. The molecule has 1 saturated carbocycles. The highest BCUT2D eigenvalue weighted by molar-refractivity contribution is 6.31. The molecular formula is C15H22ClFN2. The van der Waals surface area contributed by atoms with Crippen LogP contribution in [0.25, 0.3) is 0 Å². The van der Waals surface area contributed by atoms with Crippen molar-refractivity contribution in [1.82, 2.24) is 10.2 Å². The van der Waals surface area contributed by atoms with Gasteiger partial charge in [0, 0.05) is 23.7 Å². The molecule has 0 heterocycles. The molecule has 1 aliphatic carbocycles. The Morgan fingerprint density at radius 1 is 1.32 bits per heavy atom. The minimum absolute atomic E-state index is 0.272. The van der Waals surface area contributed by atoms with Crippen LogP contribution in [0.3, 0.4) is 0 Å². The van der Waals surface area contributed by atoms with E-state index in [1.807, 2.05) is 7.05 Å². The van der Waals surface area contributed by atoms with Crippen LogP contribution in [0.4, 0.5) is 4.39 Å². The Morgan fingerprint density at radius 2 is 2.00 bits per heavy atom. The Morgan fingerprint density at radius 3 is 2.58 bits per heavy atom. The molecule has 0 saturated heterocycles. The Bertz CT molecular complexity index is 417. The second-order valence-electron chi connectivity index (χ2n) is 5.44. The lowest BCUT2D eigenvalue weighted by Crippen LogP contribution is -2.39. The van der Waals surface area contributed by atoms with Crippen LogP contribution < -0.4 is 5.32 Å². The molecule has 19 heavy (non-hydrogen) atoms. The van der Waals surface area contributed by atoms with Crippen molar-refractivity contribution in [1.29, 1.82) is 0 Å². The average molecular weight is 285 g/mol. The maximum Gasteiger partial charge on any atom is 0.124 e. The minimum Gasteiger partial charge on any atom is -0.317 e. The summed E-state index contributed by atoms with van der Waals surface area (Å²) >= 11 is 6.08. The van der Waals surface area contributed by atoms with E-state index < -0.39 is 0 Å². The Kier molecular flexibility index (Phi) is 5.20. The molecule has 0 spiro atoms. The molecule has 1 aromatic carbocycles. The summed E-state index contributed by atoms with van der Waals surface area (Å²) in [6, 6.07) is 5.92. The van der Waals surface area contributed by atoms with Crippen LogP contribution in [0.1, 0.15) is 31.2 Å².